The van der Waals surface area contributed by atoms with Gasteiger partial charge >= 0.3 is 0 Å². The minimum absolute atomic E-state index is 0. The molecule has 0 spiro atoms. The van der Waals surface area contributed by atoms with E-state index in [9.17, 15) is 0 Å². The lowest BCUT2D eigenvalue weighted by atomic mass is 9.84. The van der Waals surface area contributed by atoms with Gasteiger partial charge in [-0.15, -0.1) is 0 Å². The first-order valence-electron chi connectivity index (χ1n) is 25.0. The third-order valence-corrected chi connectivity index (χ3v) is 11.1. The molecule has 2 aliphatic rings. The van der Waals surface area contributed by atoms with E-state index < -0.39 is 0 Å². The van der Waals surface area contributed by atoms with E-state index in [0.717, 1.165) is 11.1 Å². The monoisotopic (exact) mass is 667 g/mol. The number of hydrogen-bond donors (Lipinski definition) is 0. The summed E-state index contributed by atoms with van der Waals surface area (Å²) < 4.78 is 80.0. The molecule has 0 bridgehead atoms. The summed E-state index contributed by atoms with van der Waals surface area (Å²) in [6.45, 7) is 0. The molecule has 4 heteroatoms. The molecule has 246 valence electrons. The van der Waals surface area contributed by atoms with Crippen LogP contribution in [0.15, 0.2) is 146 Å². The lowest BCUT2D eigenvalue weighted by molar-refractivity contribution is 1.03. The van der Waals surface area contributed by atoms with Crippen molar-refractivity contribution in [2.75, 3.05) is 0 Å². The van der Waals surface area contributed by atoms with Crippen LogP contribution in [-0.2, 0) is 0 Å². The van der Waals surface area contributed by atoms with Crippen LogP contribution in [-0.4, -0.2) is 20.4 Å². The van der Waals surface area contributed by atoms with E-state index in [1.54, 1.807) is 12.4 Å². The normalized spacial score (nSPS) is 13.7. The summed E-state index contributed by atoms with van der Waals surface area (Å²) >= 11 is 0. The number of benzene rings is 8. The third kappa shape index (κ3) is 3.25. The molecule has 50 heavy (non-hydrogen) atoms. The van der Waals surface area contributed by atoms with Gasteiger partial charge in [0.15, 0.2) is 0 Å². The van der Waals surface area contributed by atoms with Gasteiger partial charge in [0.25, 0.3) is 0 Å². The molecule has 8 aromatic carbocycles. The molecule has 2 aromatic heterocycles. The van der Waals surface area contributed by atoms with Crippen molar-refractivity contribution in [2.45, 2.75) is 0 Å². The van der Waals surface area contributed by atoms with Crippen LogP contribution in [0.5, 0.6) is 0 Å². The fourth-order valence-corrected chi connectivity index (χ4v) is 9.18. The van der Waals surface area contributed by atoms with E-state index in [2.05, 4.69) is 142 Å². The van der Waals surface area contributed by atoms with Crippen LogP contribution in [0.1, 0.15) is 25.2 Å². The Morgan fingerprint density at radius 2 is 0.760 bits per heavy atom. The molecule has 0 atom stereocenters. The highest BCUT2D eigenvalue weighted by molar-refractivity contribution is 6.30. The van der Waals surface area contributed by atoms with Gasteiger partial charge in [-0.2, -0.15) is 20.4 Å². The van der Waals surface area contributed by atoms with E-state index >= 15 is 0 Å². The lowest BCUT2D eigenvalue weighted by Gasteiger charge is -2.19. The van der Waals surface area contributed by atoms with Crippen molar-refractivity contribution >= 4 is 53.9 Å². The van der Waals surface area contributed by atoms with Crippen molar-refractivity contribution in [3.05, 3.63) is 146 Å². The highest BCUT2D eigenvalue weighted by Crippen LogP contribution is 2.56. The number of fused-ring (bicyclic) bond motifs is 11. The zero-order valence-electron chi connectivity index (χ0n) is 42.6. The first-order valence-corrected chi connectivity index (χ1v) is 17.0. The molecule has 2 heterocycles. The third-order valence-electron chi connectivity index (χ3n) is 11.1. The molecule has 0 aliphatic heterocycles. The number of hydrogen-bond acceptors (Lipinski definition) is 4. The second-order valence-electron chi connectivity index (χ2n) is 13.4. The minimum Gasteiger partial charge on any atom is -0.159 e. The van der Waals surface area contributed by atoms with Crippen LogP contribution in [0.2, 0.25) is 0 Å². The predicted molar refractivity (Wildman–Crippen MR) is 224 cm³/mol. The van der Waals surface area contributed by atoms with Crippen LogP contribution in [0, 0.1) is 0 Å². The molecule has 0 N–H and O–H groups in total. The van der Waals surface area contributed by atoms with Crippen LogP contribution >= 0.6 is 0 Å². The molecule has 2 aliphatic carbocycles. The van der Waals surface area contributed by atoms with Crippen molar-refractivity contribution in [1.29, 1.82) is 0 Å². The zero-order valence-corrected chi connectivity index (χ0v) is 26.6. The molecule has 0 amide bonds. The van der Waals surface area contributed by atoms with Crippen molar-refractivity contribution in [3.63, 3.8) is 0 Å². The molecule has 0 fully saturated rings. The van der Waals surface area contributed by atoms with E-state index in [1.165, 1.54) is 109 Å². The lowest BCUT2D eigenvalue weighted by Crippen LogP contribution is -1.93. The Labute approximate surface area is 312 Å². The summed E-state index contributed by atoms with van der Waals surface area (Å²) in [6, 6.07) is 45.0. The number of nitrogens with zero attached hydrogens (tertiary/aromatic N) is 4. The second-order valence-corrected chi connectivity index (χ2v) is 13.4. The Balaban J connectivity index is 0.000000640. The zero-order chi connectivity index (χ0) is 48.5. The van der Waals surface area contributed by atoms with Gasteiger partial charge in [-0.25, -0.2) is 0 Å². The van der Waals surface area contributed by atoms with Crippen LogP contribution in [0.25, 0.3) is 121 Å². The highest BCUT2D eigenvalue weighted by atomic mass is 15.1. The largest absolute Gasteiger partial charge is 0.159 e. The van der Waals surface area contributed by atoms with E-state index in [0.29, 0.717) is 0 Å². The summed E-state index contributed by atoms with van der Waals surface area (Å²) in [6.07, 6.45) is 7.40. The maximum absolute atomic E-state index is 5.00. The summed E-state index contributed by atoms with van der Waals surface area (Å²) in [7, 11) is 0. The number of aromatic nitrogens is 4. The first kappa shape index (κ1) is 19.9. The van der Waals surface area contributed by atoms with Crippen molar-refractivity contribution in [1.82, 2.24) is 20.4 Å². The molecule has 4 nitrogen and oxygen atoms in total. The van der Waals surface area contributed by atoms with Crippen molar-refractivity contribution < 1.29 is 25.2 Å². The Morgan fingerprint density at radius 3 is 1.18 bits per heavy atom. The SMILES string of the molecule is [2HH].[2H][2H].[2H][2H].[2H][2H].[2H][2H].[2H][2H].[2H][2H].[2H][2H].[2H][2H].c1cc2c3c(cccc3c1)-c1c-2cc2c(ccc3c4cc5c(c(-c6ccnnc6)c4ccc23)-c2cccc3cccc-5c23)c1-c1ccnnc1. The van der Waals surface area contributed by atoms with Gasteiger partial charge in [0.05, 0.1) is 24.8 Å². The van der Waals surface area contributed by atoms with Gasteiger partial charge in [-0.1, -0.05) is 97.1 Å². The van der Waals surface area contributed by atoms with Gasteiger partial charge in [0.1, 0.15) is 0 Å². The van der Waals surface area contributed by atoms with Crippen molar-refractivity contribution in [2.24, 2.45) is 0 Å². The minimum atomic E-state index is 0. The van der Waals surface area contributed by atoms with Gasteiger partial charge in [0.2, 0.25) is 0 Å². The molecule has 0 radical (unpaired) electrons. The maximum atomic E-state index is 5.00. The molecule has 12 rings (SSSR count). The quantitative estimate of drug-likeness (QED) is 0.172. The Bertz CT molecular complexity index is 2960. The predicted octanol–water partition coefficient (Wildman–Crippen LogP) is 13.9. The van der Waals surface area contributed by atoms with Crippen LogP contribution in [0.4, 0.5) is 0 Å². The highest BCUT2D eigenvalue weighted by Gasteiger charge is 2.29. The smallest absolute Gasteiger partial charge is 0.0575 e. The average molecular weight is 668 g/mol. The average Bonchev–Trinajstić information content (AvgIpc) is 3.93. The van der Waals surface area contributed by atoms with Gasteiger partial charge in [-0.3, -0.25) is 0 Å². The maximum Gasteiger partial charge on any atom is 0.0575 e. The molecule has 0 saturated heterocycles. The van der Waals surface area contributed by atoms with E-state index in [1.807, 2.05) is 12.4 Å². The van der Waals surface area contributed by atoms with Gasteiger partial charge in [-0.05, 0) is 134 Å². The summed E-state index contributed by atoms with van der Waals surface area (Å²) in [4.78, 5) is 0. The van der Waals surface area contributed by atoms with Crippen LogP contribution < -0.4 is 0 Å². The fraction of sp³-hybridized carbons (Fsp3) is 0. The Hall–Kier alpha value is -6.78. The molecule has 0 unspecified atom stereocenters. The van der Waals surface area contributed by atoms with Crippen LogP contribution in [0.3, 0.4) is 0 Å². The van der Waals surface area contributed by atoms with Gasteiger partial charge < -0.3 is 0 Å². The second kappa shape index (κ2) is 9.43. The summed E-state index contributed by atoms with van der Waals surface area (Å²) in [5.41, 5.74) is 14.8. The van der Waals surface area contributed by atoms with E-state index in [-0.39, 0.29) is 1.43 Å². The Morgan fingerprint density at radius 1 is 0.340 bits per heavy atom. The first-order chi connectivity index (χ1) is 32.8. The van der Waals surface area contributed by atoms with Gasteiger partial charge in [0, 0.05) is 36.3 Å². The Kier molecular flexibility index (Phi) is 3.75. The molecule has 10 aromatic rings. The van der Waals surface area contributed by atoms with Crippen molar-refractivity contribution in [3.8, 4) is 66.8 Å². The molecular weight excluding hydrogens is 609 g/mol. The standard InChI is InChI=1S/C46H24N4.9H2/c1-5-25-7-3-11-35-41(25)31(9-1)39-21-37-29-13-16-34-38(30(29)14-15-33(37)43(45(35)39)27-17-19-47-49-23-27)22-40-32-10-2-6-26-8-4-12-36(42(26)32)46(40)44(34)28-18-20-48-50-24-28;;;;;;;;;/h1-24H;9*1H/i;8*1+1D;1+1. The fourth-order valence-electron chi connectivity index (χ4n) is 9.18. The topological polar surface area (TPSA) is 51.6 Å². The van der Waals surface area contributed by atoms with E-state index in [4.69, 9.17) is 23.8 Å². The molecule has 0 saturated carbocycles. The number of rotatable bonds is 2. The summed E-state index contributed by atoms with van der Waals surface area (Å²) in [5.74, 6) is 0. The summed E-state index contributed by atoms with van der Waals surface area (Å²) in [5, 5.41) is 29.5. The molecular formula is C46H42N4.